The van der Waals surface area contributed by atoms with Gasteiger partial charge >= 0.3 is 5.97 Å². The molecule has 1 aromatic carbocycles. The zero-order valence-corrected chi connectivity index (χ0v) is 11.0. The second-order valence-electron chi connectivity index (χ2n) is 4.05. The molecule has 0 aliphatic heterocycles. The van der Waals surface area contributed by atoms with Crippen LogP contribution >= 0.6 is 0 Å². The highest BCUT2D eigenvalue weighted by Crippen LogP contribution is 2.17. The van der Waals surface area contributed by atoms with Crippen molar-refractivity contribution < 1.29 is 19.4 Å². The lowest BCUT2D eigenvalue weighted by atomic mass is 10.1. The van der Waals surface area contributed by atoms with Crippen LogP contribution in [-0.4, -0.2) is 30.2 Å². The SMILES string of the molecule is CCOCCC(=O)Nc1ccccc1CCC(=O)O. The number of hydrogen-bond acceptors (Lipinski definition) is 3. The number of carboxylic acid groups (broad SMARTS) is 1. The minimum Gasteiger partial charge on any atom is -0.481 e. The molecule has 2 N–H and O–H groups in total. The number of carboxylic acids is 1. The maximum atomic E-state index is 11.7. The molecule has 0 fully saturated rings. The maximum Gasteiger partial charge on any atom is 0.303 e. The summed E-state index contributed by atoms with van der Waals surface area (Å²) >= 11 is 0. The van der Waals surface area contributed by atoms with E-state index in [1.807, 2.05) is 25.1 Å². The Balaban J connectivity index is 2.56. The molecule has 0 saturated carbocycles. The third-order valence-corrected chi connectivity index (χ3v) is 2.58. The molecule has 0 aromatic heterocycles. The van der Waals surface area contributed by atoms with E-state index in [2.05, 4.69) is 5.32 Å². The van der Waals surface area contributed by atoms with Crippen molar-refractivity contribution in [1.82, 2.24) is 0 Å². The van der Waals surface area contributed by atoms with Gasteiger partial charge in [0.2, 0.25) is 5.91 Å². The number of amides is 1. The fourth-order valence-electron chi connectivity index (χ4n) is 1.62. The Hall–Kier alpha value is -1.88. The van der Waals surface area contributed by atoms with E-state index >= 15 is 0 Å². The van der Waals surface area contributed by atoms with Crippen LogP contribution in [0.2, 0.25) is 0 Å². The molecule has 0 spiro atoms. The number of ether oxygens (including phenoxy) is 1. The number of rotatable bonds is 8. The summed E-state index contributed by atoms with van der Waals surface area (Å²) in [6.07, 6.45) is 0.740. The number of nitrogens with one attached hydrogen (secondary N) is 1. The number of aliphatic carboxylic acids is 1. The Bertz CT molecular complexity index is 431. The van der Waals surface area contributed by atoms with Crippen LogP contribution in [0.15, 0.2) is 24.3 Å². The van der Waals surface area contributed by atoms with E-state index in [1.165, 1.54) is 0 Å². The second-order valence-corrected chi connectivity index (χ2v) is 4.05. The zero-order valence-electron chi connectivity index (χ0n) is 11.0. The summed E-state index contributed by atoms with van der Waals surface area (Å²) in [5, 5.41) is 11.5. The van der Waals surface area contributed by atoms with Gasteiger partial charge in [-0.25, -0.2) is 0 Å². The van der Waals surface area contributed by atoms with E-state index < -0.39 is 5.97 Å². The lowest BCUT2D eigenvalue weighted by Gasteiger charge is -2.10. The molecule has 0 aliphatic rings. The van der Waals surface area contributed by atoms with Crippen molar-refractivity contribution in [3.8, 4) is 0 Å². The van der Waals surface area contributed by atoms with E-state index in [1.54, 1.807) is 6.07 Å². The van der Waals surface area contributed by atoms with Crippen molar-refractivity contribution >= 4 is 17.6 Å². The van der Waals surface area contributed by atoms with Crippen molar-refractivity contribution in [1.29, 1.82) is 0 Å². The minimum absolute atomic E-state index is 0.0475. The maximum absolute atomic E-state index is 11.7. The summed E-state index contributed by atoms with van der Waals surface area (Å²) in [5.74, 6) is -0.978. The fraction of sp³-hybridized carbons (Fsp3) is 0.429. The average Bonchev–Trinajstić information content (AvgIpc) is 2.38. The van der Waals surface area contributed by atoms with E-state index in [0.29, 0.717) is 31.7 Å². The summed E-state index contributed by atoms with van der Waals surface area (Å²) in [6, 6.07) is 7.23. The minimum atomic E-state index is -0.850. The predicted octanol–water partition coefficient (Wildman–Crippen LogP) is 2.07. The molecule has 1 rings (SSSR count). The van der Waals surface area contributed by atoms with E-state index in [-0.39, 0.29) is 12.3 Å². The number of benzene rings is 1. The van der Waals surface area contributed by atoms with Crippen LogP contribution in [0.1, 0.15) is 25.3 Å². The van der Waals surface area contributed by atoms with Crippen LogP contribution in [0.3, 0.4) is 0 Å². The number of hydrogen-bond donors (Lipinski definition) is 2. The van der Waals surface area contributed by atoms with Gasteiger partial charge in [0, 0.05) is 18.7 Å². The number of carbonyl (C=O) groups excluding carboxylic acids is 1. The van der Waals surface area contributed by atoms with Gasteiger partial charge in [0.15, 0.2) is 0 Å². The Kier molecular flexibility index (Phi) is 6.60. The third-order valence-electron chi connectivity index (χ3n) is 2.58. The monoisotopic (exact) mass is 265 g/mol. The van der Waals surface area contributed by atoms with Crippen LogP contribution in [0, 0.1) is 0 Å². The zero-order chi connectivity index (χ0) is 14.1. The normalized spacial score (nSPS) is 10.2. The van der Waals surface area contributed by atoms with Crippen LogP contribution in [0.5, 0.6) is 0 Å². The summed E-state index contributed by atoms with van der Waals surface area (Å²) < 4.78 is 5.11. The first kappa shape index (κ1) is 15.2. The van der Waals surface area contributed by atoms with Gasteiger partial charge in [0.25, 0.3) is 0 Å². The number of para-hydroxylation sites is 1. The molecule has 5 nitrogen and oxygen atoms in total. The number of carbonyl (C=O) groups is 2. The highest BCUT2D eigenvalue weighted by atomic mass is 16.5. The van der Waals surface area contributed by atoms with Crippen molar-refractivity contribution in [2.24, 2.45) is 0 Å². The van der Waals surface area contributed by atoms with Crippen LogP contribution in [0.25, 0.3) is 0 Å². The molecule has 104 valence electrons. The van der Waals surface area contributed by atoms with Gasteiger partial charge in [-0.2, -0.15) is 0 Å². The molecule has 0 unspecified atom stereocenters. The molecule has 0 aliphatic carbocycles. The summed E-state index contributed by atoms with van der Waals surface area (Å²) in [5.41, 5.74) is 1.50. The average molecular weight is 265 g/mol. The lowest BCUT2D eigenvalue weighted by molar-refractivity contribution is -0.137. The predicted molar refractivity (Wildman–Crippen MR) is 72.1 cm³/mol. The Morgan fingerprint density at radius 3 is 2.68 bits per heavy atom. The van der Waals surface area contributed by atoms with Crippen molar-refractivity contribution in [2.75, 3.05) is 18.5 Å². The highest BCUT2D eigenvalue weighted by Gasteiger charge is 2.07. The van der Waals surface area contributed by atoms with Crippen molar-refractivity contribution in [3.05, 3.63) is 29.8 Å². The first-order chi connectivity index (χ1) is 9.13. The quantitative estimate of drug-likeness (QED) is 0.705. The van der Waals surface area contributed by atoms with Gasteiger partial charge in [0.1, 0.15) is 0 Å². The molecule has 19 heavy (non-hydrogen) atoms. The number of anilines is 1. The molecule has 0 saturated heterocycles. The second kappa shape index (κ2) is 8.26. The molecule has 0 bridgehead atoms. The van der Waals surface area contributed by atoms with Crippen LogP contribution < -0.4 is 5.32 Å². The lowest BCUT2D eigenvalue weighted by Crippen LogP contribution is -2.15. The first-order valence-electron chi connectivity index (χ1n) is 6.30. The van der Waals surface area contributed by atoms with Crippen molar-refractivity contribution in [3.63, 3.8) is 0 Å². The largest absolute Gasteiger partial charge is 0.481 e. The topological polar surface area (TPSA) is 75.6 Å². The van der Waals surface area contributed by atoms with E-state index in [0.717, 1.165) is 5.56 Å². The molecular weight excluding hydrogens is 246 g/mol. The standard InChI is InChI=1S/C14H19NO4/c1-2-19-10-9-13(16)15-12-6-4-3-5-11(12)7-8-14(17)18/h3-6H,2,7-10H2,1H3,(H,15,16)(H,17,18). The molecule has 0 atom stereocenters. The van der Waals surface area contributed by atoms with Gasteiger partial charge in [-0.3, -0.25) is 9.59 Å². The Morgan fingerprint density at radius 2 is 2.00 bits per heavy atom. The van der Waals surface area contributed by atoms with E-state index in [9.17, 15) is 9.59 Å². The van der Waals surface area contributed by atoms with Gasteiger partial charge in [-0.05, 0) is 25.0 Å². The van der Waals surface area contributed by atoms with Gasteiger partial charge in [0.05, 0.1) is 13.0 Å². The molecule has 5 heteroatoms. The summed E-state index contributed by atoms with van der Waals surface area (Å²) in [6.45, 7) is 2.85. The molecule has 0 heterocycles. The van der Waals surface area contributed by atoms with Crippen molar-refractivity contribution in [2.45, 2.75) is 26.2 Å². The first-order valence-corrected chi connectivity index (χ1v) is 6.30. The molecule has 1 aromatic rings. The fourth-order valence-corrected chi connectivity index (χ4v) is 1.62. The van der Waals surface area contributed by atoms with Gasteiger partial charge in [-0.1, -0.05) is 18.2 Å². The molecule has 1 amide bonds. The smallest absolute Gasteiger partial charge is 0.303 e. The van der Waals surface area contributed by atoms with Crippen LogP contribution in [-0.2, 0) is 20.7 Å². The molecular formula is C14H19NO4. The Labute approximate surface area is 112 Å². The molecule has 0 radical (unpaired) electrons. The third kappa shape index (κ3) is 6.01. The summed E-state index contributed by atoms with van der Waals surface area (Å²) in [7, 11) is 0. The Morgan fingerprint density at radius 1 is 1.26 bits per heavy atom. The highest BCUT2D eigenvalue weighted by molar-refractivity contribution is 5.91. The van der Waals surface area contributed by atoms with Gasteiger partial charge in [-0.15, -0.1) is 0 Å². The summed E-state index contributed by atoms with van der Waals surface area (Å²) in [4.78, 5) is 22.2. The number of aryl methyl sites for hydroxylation is 1. The van der Waals surface area contributed by atoms with Crippen LogP contribution in [0.4, 0.5) is 5.69 Å². The van der Waals surface area contributed by atoms with E-state index in [4.69, 9.17) is 9.84 Å². The van der Waals surface area contributed by atoms with Gasteiger partial charge < -0.3 is 15.2 Å².